The number of hydrogen-bond acceptors (Lipinski definition) is 2. The average Bonchev–Trinajstić information content (AvgIpc) is 2.44. The molecule has 0 aromatic heterocycles. The van der Waals surface area contributed by atoms with E-state index in [0.717, 1.165) is 27.8 Å². The normalized spacial score (nSPS) is 12.4. The molecule has 2 aromatic rings. The van der Waals surface area contributed by atoms with Crippen molar-refractivity contribution in [3.05, 3.63) is 58.1 Å². The van der Waals surface area contributed by atoms with E-state index in [4.69, 9.17) is 0 Å². The van der Waals surface area contributed by atoms with Gasteiger partial charge in [0.15, 0.2) is 0 Å². The largest absolute Gasteiger partial charge is 0.507 e. The molecule has 1 atom stereocenters. The maximum Gasteiger partial charge on any atom is 0.123 e. The van der Waals surface area contributed by atoms with E-state index in [0.29, 0.717) is 5.75 Å². The number of phenolic OH excluding ortho intramolecular Hbond substituents is 2. The molecule has 100 valence electrons. The van der Waals surface area contributed by atoms with Crippen LogP contribution >= 0.6 is 0 Å². The minimum absolute atomic E-state index is 0.0476. The van der Waals surface area contributed by atoms with Crippen molar-refractivity contribution in [2.75, 3.05) is 0 Å². The standard InChI is InChI=1S/C17H20O2/c1-10-11(2)17(19)15(13(4)16(10)18)12(3)14-8-6-5-7-9-14/h5-9,12,18-19H,1-4H3. The molecule has 0 saturated carbocycles. The second-order valence-electron chi connectivity index (χ2n) is 5.12. The van der Waals surface area contributed by atoms with Gasteiger partial charge in [0.1, 0.15) is 11.5 Å². The highest BCUT2D eigenvalue weighted by molar-refractivity contribution is 5.59. The lowest BCUT2D eigenvalue weighted by molar-refractivity contribution is 0.441. The lowest BCUT2D eigenvalue weighted by Gasteiger charge is -2.21. The molecule has 0 spiro atoms. The number of phenols is 2. The number of benzene rings is 2. The van der Waals surface area contributed by atoms with Crippen LogP contribution in [0.3, 0.4) is 0 Å². The van der Waals surface area contributed by atoms with Gasteiger partial charge in [-0.05, 0) is 43.0 Å². The second kappa shape index (κ2) is 4.96. The van der Waals surface area contributed by atoms with Crippen LogP contribution in [-0.2, 0) is 0 Å². The van der Waals surface area contributed by atoms with Crippen LogP contribution in [0.5, 0.6) is 11.5 Å². The Labute approximate surface area is 114 Å². The van der Waals surface area contributed by atoms with Crippen LogP contribution in [0.4, 0.5) is 0 Å². The molecule has 0 aliphatic rings. The monoisotopic (exact) mass is 256 g/mol. The Morgan fingerprint density at radius 1 is 0.789 bits per heavy atom. The van der Waals surface area contributed by atoms with Crippen molar-refractivity contribution in [3.63, 3.8) is 0 Å². The van der Waals surface area contributed by atoms with E-state index in [2.05, 4.69) is 0 Å². The highest BCUT2D eigenvalue weighted by Gasteiger charge is 2.21. The smallest absolute Gasteiger partial charge is 0.123 e. The molecule has 2 aromatic carbocycles. The Hall–Kier alpha value is -1.96. The van der Waals surface area contributed by atoms with Crippen LogP contribution in [0, 0.1) is 20.8 Å². The molecule has 0 aliphatic carbocycles. The first-order valence-corrected chi connectivity index (χ1v) is 6.51. The predicted octanol–water partition coefficient (Wildman–Crippen LogP) is 4.17. The summed E-state index contributed by atoms with van der Waals surface area (Å²) >= 11 is 0. The van der Waals surface area contributed by atoms with Gasteiger partial charge in [-0.25, -0.2) is 0 Å². The zero-order valence-corrected chi connectivity index (χ0v) is 11.9. The van der Waals surface area contributed by atoms with Gasteiger partial charge in [-0.15, -0.1) is 0 Å². The maximum atomic E-state index is 10.4. The van der Waals surface area contributed by atoms with Gasteiger partial charge in [0, 0.05) is 11.5 Å². The summed E-state index contributed by atoms with van der Waals surface area (Å²) in [5.74, 6) is 0.628. The molecule has 0 amide bonds. The molecule has 0 fully saturated rings. The SMILES string of the molecule is Cc1c(C)c(O)c(C(C)c2ccccc2)c(C)c1O. The third kappa shape index (κ3) is 2.19. The summed E-state index contributed by atoms with van der Waals surface area (Å²) in [4.78, 5) is 0. The lowest BCUT2D eigenvalue weighted by Crippen LogP contribution is -2.02. The zero-order chi connectivity index (χ0) is 14.2. The Kier molecular flexibility index (Phi) is 3.52. The van der Waals surface area contributed by atoms with Crippen molar-refractivity contribution in [1.29, 1.82) is 0 Å². The minimum atomic E-state index is 0.0476. The third-order valence-corrected chi connectivity index (χ3v) is 4.02. The molecule has 2 N–H and O–H groups in total. The highest BCUT2D eigenvalue weighted by atomic mass is 16.3. The molecule has 0 saturated heterocycles. The van der Waals surface area contributed by atoms with Crippen molar-refractivity contribution in [2.45, 2.75) is 33.6 Å². The molecular formula is C17H20O2. The third-order valence-electron chi connectivity index (χ3n) is 4.02. The van der Waals surface area contributed by atoms with E-state index in [1.165, 1.54) is 0 Å². The molecule has 1 unspecified atom stereocenters. The number of rotatable bonds is 2. The average molecular weight is 256 g/mol. The van der Waals surface area contributed by atoms with E-state index in [-0.39, 0.29) is 11.7 Å². The van der Waals surface area contributed by atoms with Crippen LogP contribution in [-0.4, -0.2) is 10.2 Å². The van der Waals surface area contributed by atoms with Gasteiger partial charge < -0.3 is 10.2 Å². The van der Waals surface area contributed by atoms with Gasteiger partial charge in [0.05, 0.1) is 0 Å². The summed E-state index contributed by atoms with van der Waals surface area (Å²) in [5, 5.41) is 20.6. The number of hydrogen-bond donors (Lipinski definition) is 2. The summed E-state index contributed by atoms with van der Waals surface area (Å²) in [7, 11) is 0. The van der Waals surface area contributed by atoms with Crippen molar-refractivity contribution < 1.29 is 10.2 Å². The first kappa shape index (κ1) is 13.5. The molecule has 0 aliphatic heterocycles. The number of aromatic hydroxyl groups is 2. The first-order valence-electron chi connectivity index (χ1n) is 6.51. The Morgan fingerprint density at radius 3 is 1.89 bits per heavy atom. The molecule has 2 nitrogen and oxygen atoms in total. The molecular weight excluding hydrogens is 236 g/mol. The fraction of sp³-hybridized carbons (Fsp3) is 0.294. The van der Waals surface area contributed by atoms with Gasteiger partial charge in [-0.3, -0.25) is 0 Å². The van der Waals surface area contributed by atoms with E-state index < -0.39 is 0 Å². The molecule has 0 heterocycles. The molecule has 0 bridgehead atoms. The van der Waals surface area contributed by atoms with Gasteiger partial charge in [-0.2, -0.15) is 0 Å². The summed E-state index contributed by atoms with van der Waals surface area (Å²) in [6, 6.07) is 10.0. The molecule has 0 radical (unpaired) electrons. The van der Waals surface area contributed by atoms with E-state index in [1.54, 1.807) is 0 Å². The summed E-state index contributed by atoms with van der Waals surface area (Å²) in [6.45, 7) is 7.57. The van der Waals surface area contributed by atoms with Crippen molar-refractivity contribution in [2.24, 2.45) is 0 Å². The van der Waals surface area contributed by atoms with Crippen molar-refractivity contribution >= 4 is 0 Å². The molecule has 19 heavy (non-hydrogen) atoms. The Bertz CT molecular complexity index is 571. The quantitative estimate of drug-likeness (QED) is 0.791. The predicted molar refractivity (Wildman–Crippen MR) is 77.9 cm³/mol. The topological polar surface area (TPSA) is 40.5 Å². The van der Waals surface area contributed by atoms with Gasteiger partial charge in [0.25, 0.3) is 0 Å². The van der Waals surface area contributed by atoms with E-state index in [9.17, 15) is 10.2 Å². The van der Waals surface area contributed by atoms with E-state index in [1.807, 2.05) is 58.0 Å². The van der Waals surface area contributed by atoms with Gasteiger partial charge in [-0.1, -0.05) is 37.3 Å². The van der Waals surface area contributed by atoms with E-state index >= 15 is 0 Å². The highest BCUT2D eigenvalue weighted by Crippen LogP contribution is 2.42. The van der Waals surface area contributed by atoms with Crippen LogP contribution < -0.4 is 0 Å². The van der Waals surface area contributed by atoms with Gasteiger partial charge >= 0.3 is 0 Å². The maximum absolute atomic E-state index is 10.4. The first-order chi connectivity index (χ1) is 8.95. The second-order valence-corrected chi connectivity index (χ2v) is 5.12. The van der Waals surface area contributed by atoms with Gasteiger partial charge in [0.2, 0.25) is 0 Å². The fourth-order valence-electron chi connectivity index (χ4n) is 2.58. The Balaban J connectivity index is 2.64. The molecule has 2 rings (SSSR count). The summed E-state index contributed by atoms with van der Waals surface area (Å²) in [5.41, 5.74) is 4.20. The summed E-state index contributed by atoms with van der Waals surface area (Å²) in [6.07, 6.45) is 0. The van der Waals surface area contributed by atoms with Crippen molar-refractivity contribution in [3.8, 4) is 11.5 Å². The zero-order valence-electron chi connectivity index (χ0n) is 11.9. The van der Waals surface area contributed by atoms with Crippen LogP contribution in [0.1, 0.15) is 40.7 Å². The van der Waals surface area contributed by atoms with Crippen LogP contribution in [0.15, 0.2) is 30.3 Å². The minimum Gasteiger partial charge on any atom is -0.507 e. The van der Waals surface area contributed by atoms with Crippen molar-refractivity contribution in [1.82, 2.24) is 0 Å². The van der Waals surface area contributed by atoms with Crippen LogP contribution in [0.2, 0.25) is 0 Å². The molecule has 2 heteroatoms. The lowest BCUT2D eigenvalue weighted by atomic mass is 9.86. The Morgan fingerprint density at radius 2 is 1.32 bits per heavy atom. The summed E-state index contributed by atoms with van der Waals surface area (Å²) < 4.78 is 0. The van der Waals surface area contributed by atoms with Crippen LogP contribution in [0.25, 0.3) is 0 Å². The fourth-order valence-corrected chi connectivity index (χ4v) is 2.58.